The highest BCUT2D eigenvalue weighted by molar-refractivity contribution is 5.94. The Morgan fingerprint density at radius 2 is 2.00 bits per heavy atom. The van der Waals surface area contributed by atoms with Crippen molar-refractivity contribution in [3.63, 3.8) is 0 Å². The van der Waals surface area contributed by atoms with Crippen LogP contribution in [0.2, 0.25) is 0 Å². The van der Waals surface area contributed by atoms with Gasteiger partial charge in [-0.15, -0.1) is 0 Å². The van der Waals surface area contributed by atoms with Crippen LogP contribution in [0.5, 0.6) is 5.75 Å². The monoisotopic (exact) mass is 392 g/mol. The van der Waals surface area contributed by atoms with Crippen LogP contribution in [-0.4, -0.2) is 45.7 Å². The molecule has 2 saturated heterocycles. The van der Waals surface area contributed by atoms with Gasteiger partial charge in [-0.2, -0.15) is 5.10 Å². The summed E-state index contributed by atoms with van der Waals surface area (Å²) in [5.41, 5.74) is 2.24. The van der Waals surface area contributed by atoms with Crippen LogP contribution in [-0.2, 0) is 0 Å². The number of likely N-dealkylation sites (tertiary alicyclic amines) is 1. The quantitative estimate of drug-likeness (QED) is 0.640. The molecule has 7 heteroatoms. The fourth-order valence-electron chi connectivity index (χ4n) is 4.66. The standard InChI is InChI=1S/C22H21FN4O2/c23-15-5-3-4-13(8-15)21-17-11-24-10-14(17)12-27(21)22(29)19-9-18(25-26-19)16-6-1-2-7-20(16)28/h1-9,14,17,21,24,28H,10-12H2,(H,25,26)/t14-,17-,21+/m0/s1. The molecule has 2 aliphatic rings. The summed E-state index contributed by atoms with van der Waals surface area (Å²) in [7, 11) is 0. The first-order chi connectivity index (χ1) is 14.1. The van der Waals surface area contributed by atoms with Gasteiger partial charge < -0.3 is 15.3 Å². The van der Waals surface area contributed by atoms with E-state index in [4.69, 9.17) is 0 Å². The van der Waals surface area contributed by atoms with E-state index in [2.05, 4.69) is 15.5 Å². The average Bonchev–Trinajstić information content (AvgIpc) is 3.43. The number of fused-ring (bicyclic) bond motifs is 1. The summed E-state index contributed by atoms with van der Waals surface area (Å²) >= 11 is 0. The van der Waals surface area contributed by atoms with Crippen molar-refractivity contribution in [1.29, 1.82) is 0 Å². The lowest BCUT2D eigenvalue weighted by molar-refractivity contribution is 0.0707. The second-order valence-electron chi connectivity index (χ2n) is 7.72. The minimum Gasteiger partial charge on any atom is -0.507 e. The van der Waals surface area contributed by atoms with E-state index in [1.807, 2.05) is 11.0 Å². The predicted molar refractivity (Wildman–Crippen MR) is 106 cm³/mol. The lowest BCUT2D eigenvalue weighted by Crippen LogP contribution is -2.35. The maximum absolute atomic E-state index is 13.9. The van der Waals surface area contributed by atoms with E-state index in [0.29, 0.717) is 29.4 Å². The molecule has 3 N–H and O–H groups in total. The summed E-state index contributed by atoms with van der Waals surface area (Å²) in [6.45, 7) is 2.27. The van der Waals surface area contributed by atoms with Crippen LogP contribution < -0.4 is 5.32 Å². The second-order valence-corrected chi connectivity index (χ2v) is 7.72. The van der Waals surface area contributed by atoms with Gasteiger partial charge in [-0.25, -0.2) is 4.39 Å². The smallest absolute Gasteiger partial charge is 0.272 e. The number of H-pyrrole nitrogens is 1. The molecule has 0 saturated carbocycles. The van der Waals surface area contributed by atoms with Gasteiger partial charge in [0.05, 0.1) is 11.7 Å². The number of aromatic hydroxyl groups is 1. The van der Waals surface area contributed by atoms with Crippen LogP contribution in [0.25, 0.3) is 11.3 Å². The average molecular weight is 392 g/mol. The summed E-state index contributed by atoms with van der Waals surface area (Å²) in [5, 5.41) is 20.5. The SMILES string of the molecule is O=C(c1cc(-c2ccccc2O)n[nH]1)N1C[C@@H]2CNC[C@@H]2[C@H]1c1cccc(F)c1. The molecule has 0 spiro atoms. The number of para-hydroxylation sites is 1. The van der Waals surface area contributed by atoms with Crippen molar-refractivity contribution in [3.05, 3.63) is 71.7 Å². The number of rotatable bonds is 3. The van der Waals surface area contributed by atoms with E-state index in [0.717, 1.165) is 18.7 Å². The zero-order valence-electron chi connectivity index (χ0n) is 15.7. The van der Waals surface area contributed by atoms with Crippen LogP contribution in [0.15, 0.2) is 54.6 Å². The van der Waals surface area contributed by atoms with Crippen LogP contribution >= 0.6 is 0 Å². The molecular formula is C22H21FN4O2. The van der Waals surface area contributed by atoms with E-state index in [1.165, 1.54) is 12.1 Å². The Bertz CT molecular complexity index is 1070. The molecule has 6 nitrogen and oxygen atoms in total. The third-order valence-corrected chi connectivity index (χ3v) is 6.00. The molecule has 29 heavy (non-hydrogen) atoms. The van der Waals surface area contributed by atoms with E-state index < -0.39 is 0 Å². The highest BCUT2D eigenvalue weighted by Gasteiger charge is 2.47. The molecular weight excluding hydrogens is 371 g/mol. The number of nitrogens with zero attached hydrogens (tertiary/aromatic N) is 2. The van der Waals surface area contributed by atoms with Gasteiger partial charge >= 0.3 is 0 Å². The minimum absolute atomic E-state index is 0.109. The molecule has 1 aromatic heterocycles. The number of hydrogen-bond donors (Lipinski definition) is 3. The predicted octanol–water partition coefficient (Wildman–Crippen LogP) is 2.95. The lowest BCUT2D eigenvalue weighted by atomic mass is 9.89. The number of nitrogens with one attached hydrogen (secondary N) is 2. The Morgan fingerprint density at radius 3 is 2.83 bits per heavy atom. The first kappa shape index (κ1) is 17.9. The zero-order chi connectivity index (χ0) is 20.0. The lowest BCUT2D eigenvalue weighted by Gasteiger charge is -2.28. The fourth-order valence-corrected chi connectivity index (χ4v) is 4.66. The molecule has 5 rings (SSSR count). The third kappa shape index (κ3) is 3.07. The van der Waals surface area contributed by atoms with Crippen molar-refractivity contribution >= 4 is 5.91 Å². The summed E-state index contributed by atoms with van der Waals surface area (Å²) in [4.78, 5) is 15.2. The Labute approximate surface area is 167 Å². The first-order valence-corrected chi connectivity index (χ1v) is 9.73. The van der Waals surface area contributed by atoms with Gasteiger partial charge in [0.25, 0.3) is 5.91 Å². The number of carbonyl (C=O) groups excluding carboxylic acids is 1. The molecule has 2 fully saturated rings. The van der Waals surface area contributed by atoms with Crippen molar-refractivity contribution in [2.75, 3.05) is 19.6 Å². The number of benzene rings is 2. The molecule has 0 unspecified atom stereocenters. The molecule has 0 radical (unpaired) electrons. The molecule has 2 aromatic carbocycles. The van der Waals surface area contributed by atoms with E-state index in [9.17, 15) is 14.3 Å². The Morgan fingerprint density at radius 1 is 1.14 bits per heavy atom. The normalized spacial score (nSPS) is 23.3. The Balaban J connectivity index is 1.48. The maximum atomic E-state index is 13.9. The summed E-state index contributed by atoms with van der Waals surface area (Å²) in [6.07, 6.45) is 0. The largest absolute Gasteiger partial charge is 0.507 e. The number of phenols is 1. The van der Waals surface area contributed by atoms with E-state index in [-0.39, 0.29) is 29.4 Å². The number of phenolic OH excluding ortho intramolecular Hbond substituents is 1. The van der Waals surface area contributed by atoms with Crippen molar-refractivity contribution in [1.82, 2.24) is 20.4 Å². The van der Waals surface area contributed by atoms with Crippen LogP contribution in [0, 0.1) is 17.7 Å². The summed E-state index contributed by atoms with van der Waals surface area (Å²) < 4.78 is 13.9. The van der Waals surface area contributed by atoms with Gasteiger partial charge in [0, 0.05) is 31.1 Å². The highest BCUT2D eigenvalue weighted by Crippen LogP contribution is 2.43. The highest BCUT2D eigenvalue weighted by atomic mass is 19.1. The Hall–Kier alpha value is -3.19. The van der Waals surface area contributed by atoms with Gasteiger partial charge in [0.15, 0.2) is 0 Å². The third-order valence-electron chi connectivity index (χ3n) is 6.00. The summed E-state index contributed by atoms with van der Waals surface area (Å²) in [6, 6.07) is 14.9. The van der Waals surface area contributed by atoms with Crippen LogP contribution in [0.4, 0.5) is 4.39 Å². The van der Waals surface area contributed by atoms with Crippen LogP contribution in [0.1, 0.15) is 22.1 Å². The first-order valence-electron chi connectivity index (χ1n) is 9.73. The molecule has 3 heterocycles. The molecule has 2 aliphatic heterocycles. The number of carbonyl (C=O) groups is 1. The number of amides is 1. The molecule has 0 aliphatic carbocycles. The van der Waals surface area contributed by atoms with Gasteiger partial charge in [-0.3, -0.25) is 9.89 Å². The fraction of sp³-hybridized carbons (Fsp3) is 0.273. The molecule has 3 atom stereocenters. The second kappa shape index (κ2) is 7.00. The molecule has 3 aromatic rings. The van der Waals surface area contributed by atoms with Gasteiger partial charge in [0.2, 0.25) is 0 Å². The molecule has 0 bridgehead atoms. The van der Waals surface area contributed by atoms with Crippen molar-refractivity contribution in [3.8, 4) is 17.0 Å². The van der Waals surface area contributed by atoms with E-state index in [1.54, 1.807) is 36.4 Å². The van der Waals surface area contributed by atoms with Crippen molar-refractivity contribution in [2.45, 2.75) is 6.04 Å². The minimum atomic E-state index is -0.298. The number of aromatic nitrogens is 2. The van der Waals surface area contributed by atoms with Gasteiger partial charge in [-0.1, -0.05) is 24.3 Å². The number of hydrogen-bond acceptors (Lipinski definition) is 4. The summed E-state index contributed by atoms with van der Waals surface area (Å²) in [5.74, 6) is 0.238. The maximum Gasteiger partial charge on any atom is 0.272 e. The van der Waals surface area contributed by atoms with Crippen LogP contribution in [0.3, 0.4) is 0 Å². The molecule has 148 valence electrons. The van der Waals surface area contributed by atoms with Crippen molar-refractivity contribution < 1.29 is 14.3 Å². The zero-order valence-corrected chi connectivity index (χ0v) is 15.7. The molecule has 1 amide bonds. The topological polar surface area (TPSA) is 81.2 Å². The van der Waals surface area contributed by atoms with E-state index >= 15 is 0 Å². The Kier molecular flexibility index (Phi) is 4.32. The van der Waals surface area contributed by atoms with Crippen molar-refractivity contribution in [2.24, 2.45) is 11.8 Å². The van der Waals surface area contributed by atoms with Gasteiger partial charge in [-0.05, 0) is 41.8 Å². The van der Waals surface area contributed by atoms with Gasteiger partial charge in [0.1, 0.15) is 17.3 Å². The number of aromatic amines is 1. The number of halogens is 1.